The van der Waals surface area contributed by atoms with Crippen molar-refractivity contribution in [2.24, 2.45) is 0 Å². The number of aliphatic hydroxyl groups excluding tert-OH is 1. The summed E-state index contributed by atoms with van der Waals surface area (Å²) in [6.07, 6.45) is -0.0927. The summed E-state index contributed by atoms with van der Waals surface area (Å²) in [4.78, 5) is 19.8. The summed E-state index contributed by atoms with van der Waals surface area (Å²) in [7, 11) is 0. The highest BCUT2D eigenvalue weighted by atomic mass is 35.5. The lowest BCUT2D eigenvalue weighted by Crippen LogP contribution is -2.29. The van der Waals surface area contributed by atoms with Gasteiger partial charge in [0.05, 0.1) is 16.3 Å². The number of hydrogen-bond acceptors (Lipinski definition) is 5. The molecule has 0 aliphatic carbocycles. The standard InChI is InChI=1S/C19H20ClF2N3OS.C2H6O/c1-12-16(20)11-15(18(26)24-13-4-2-5-14(27)10-13)17(23-12)25-8-3-6-19(21,22)7-9-25;1-2-3/h2,4-5,10-11,27H,3,6-9H2,1H3,(H,24,26);3H,2H2,1H3. The van der Waals surface area contributed by atoms with Gasteiger partial charge in [0.1, 0.15) is 5.82 Å². The Kier molecular flexibility index (Phi) is 8.88. The molecule has 2 N–H and O–H groups in total. The van der Waals surface area contributed by atoms with Gasteiger partial charge >= 0.3 is 0 Å². The SMILES string of the molecule is CCO.Cc1nc(N2CCCC(F)(F)CC2)c(C(=O)Nc2cccc(S)c2)cc1Cl. The highest BCUT2D eigenvalue weighted by Crippen LogP contribution is 2.32. The molecule has 0 bridgehead atoms. The Balaban J connectivity index is 0.00000101. The number of anilines is 2. The van der Waals surface area contributed by atoms with Crippen LogP contribution >= 0.6 is 24.2 Å². The number of hydrogen-bond donors (Lipinski definition) is 3. The molecule has 3 rings (SSSR count). The molecule has 30 heavy (non-hydrogen) atoms. The summed E-state index contributed by atoms with van der Waals surface area (Å²) < 4.78 is 27.5. The predicted octanol–water partition coefficient (Wildman–Crippen LogP) is 5.21. The summed E-state index contributed by atoms with van der Waals surface area (Å²) in [6, 6.07) is 8.58. The number of carbonyl (C=O) groups excluding carboxylic acids is 1. The molecule has 9 heteroatoms. The van der Waals surface area contributed by atoms with E-state index in [4.69, 9.17) is 16.7 Å². The molecule has 1 saturated heterocycles. The Morgan fingerprint density at radius 1 is 1.33 bits per heavy atom. The fourth-order valence-corrected chi connectivity index (χ4v) is 3.41. The molecule has 0 spiro atoms. The van der Waals surface area contributed by atoms with E-state index in [9.17, 15) is 13.6 Å². The average molecular weight is 458 g/mol. The first-order valence-electron chi connectivity index (χ1n) is 9.68. The lowest BCUT2D eigenvalue weighted by molar-refractivity contribution is -0.0102. The van der Waals surface area contributed by atoms with Crippen molar-refractivity contribution in [3.8, 4) is 0 Å². The molecular weight excluding hydrogens is 432 g/mol. The minimum absolute atomic E-state index is 0.132. The number of aryl methyl sites for hydroxylation is 1. The van der Waals surface area contributed by atoms with Crippen molar-refractivity contribution in [2.75, 3.05) is 29.9 Å². The van der Waals surface area contributed by atoms with Gasteiger partial charge in [-0.3, -0.25) is 4.79 Å². The zero-order chi connectivity index (χ0) is 22.3. The highest BCUT2D eigenvalue weighted by molar-refractivity contribution is 7.80. The van der Waals surface area contributed by atoms with Crippen LogP contribution in [-0.2, 0) is 0 Å². The average Bonchev–Trinajstić information content (AvgIpc) is 2.85. The number of nitrogens with zero attached hydrogens (tertiary/aromatic N) is 2. The second-order valence-corrected chi connectivity index (χ2v) is 7.87. The first-order chi connectivity index (χ1) is 14.2. The van der Waals surface area contributed by atoms with Crippen molar-refractivity contribution in [1.82, 2.24) is 4.98 Å². The predicted molar refractivity (Wildman–Crippen MR) is 119 cm³/mol. The summed E-state index contributed by atoms with van der Waals surface area (Å²) in [5.74, 6) is -2.70. The van der Waals surface area contributed by atoms with Gasteiger partial charge in [-0.05, 0) is 44.5 Å². The van der Waals surface area contributed by atoms with E-state index in [0.29, 0.717) is 40.1 Å². The molecule has 2 aromatic rings. The molecular formula is C21H26ClF2N3O2S. The van der Waals surface area contributed by atoms with Crippen LogP contribution in [0.4, 0.5) is 20.3 Å². The lowest BCUT2D eigenvalue weighted by Gasteiger charge is -2.24. The molecule has 0 atom stereocenters. The van der Waals surface area contributed by atoms with E-state index in [0.717, 1.165) is 0 Å². The van der Waals surface area contributed by atoms with Gasteiger partial charge in [-0.2, -0.15) is 0 Å². The number of nitrogens with one attached hydrogen (secondary N) is 1. The molecule has 0 unspecified atom stereocenters. The molecule has 1 amide bonds. The lowest BCUT2D eigenvalue weighted by atomic mass is 10.1. The molecule has 2 heterocycles. The number of carbonyl (C=O) groups is 1. The molecule has 1 aliphatic rings. The van der Waals surface area contributed by atoms with Gasteiger partial charge < -0.3 is 15.3 Å². The highest BCUT2D eigenvalue weighted by Gasteiger charge is 2.33. The van der Waals surface area contributed by atoms with E-state index in [1.807, 2.05) is 0 Å². The Hall–Kier alpha value is -1.90. The third-order valence-electron chi connectivity index (χ3n) is 4.50. The van der Waals surface area contributed by atoms with Gasteiger partial charge in [-0.1, -0.05) is 17.7 Å². The number of alkyl halides is 2. The third kappa shape index (κ3) is 6.82. The fourth-order valence-electron chi connectivity index (χ4n) is 3.03. The van der Waals surface area contributed by atoms with Crippen molar-refractivity contribution < 1.29 is 18.7 Å². The molecule has 1 aromatic heterocycles. The maximum Gasteiger partial charge on any atom is 0.259 e. The maximum absolute atomic E-state index is 13.7. The van der Waals surface area contributed by atoms with Gasteiger partial charge in [-0.15, -0.1) is 12.6 Å². The largest absolute Gasteiger partial charge is 0.397 e. The fraction of sp³-hybridized carbons (Fsp3) is 0.429. The van der Waals surface area contributed by atoms with Crippen molar-refractivity contribution in [2.45, 2.75) is 43.9 Å². The van der Waals surface area contributed by atoms with Gasteiger partial charge in [0.25, 0.3) is 5.91 Å². The molecule has 0 saturated carbocycles. The Bertz CT molecular complexity index is 883. The smallest absolute Gasteiger partial charge is 0.259 e. The van der Waals surface area contributed by atoms with Gasteiger partial charge in [0.15, 0.2) is 0 Å². The second-order valence-electron chi connectivity index (χ2n) is 6.94. The van der Waals surface area contributed by atoms with Gasteiger partial charge in [0.2, 0.25) is 5.92 Å². The number of benzene rings is 1. The molecule has 5 nitrogen and oxygen atoms in total. The van der Waals surface area contributed by atoms with Crippen molar-refractivity contribution in [3.63, 3.8) is 0 Å². The van der Waals surface area contributed by atoms with Crippen LogP contribution in [0.25, 0.3) is 0 Å². The van der Waals surface area contributed by atoms with E-state index < -0.39 is 11.8 Å². The van der Waals surface area contributed by atoms with E-state index in [-0.39, 0.29) is 31.6 Å². The topological polar surface area (TPSA) is 65.5 Å². The third-order valence-corrected chi connectivity index (χ3v) is 5.16. The van der Waals surface area contributed by atoms with Gasteiger partial charge in [0, 0.05) is 43.1 Å². The van der Waals surface area contributed by atoms with Crippen LogP contribution in [-0.4, -0.2) is 41.6 Å². The normalized spacial score (nSPS) is 15.6. The molecule has 0 radical (unpaired) electrons. The van der Waals surface area contributed by atoms with Crippen molar-refractivity contribution in [1.29, 1.82) is 0 Å². The molecule has 1 aliphatic heterocycles. The number of aromatic nitrogens is 1. The Morgan fingerprint density at radius 2 is 2.03 bits per heavy atom. The first kappa shape index (κ1) is 24.4. The van der Waals surface area contributed by atoms with E-state index >= 15 is 0 Å². The number of pyridine rings is 1. The number of halogens is 3. The van der Waals surface area contributed by atoms with Crippen LogP contribution in [0.5, 0.6) is 0 Å². The minimum Gasteiger partial charge on any atom is -0.397 e. The van der Waals surface area contributed by atoms with Crippen LogP contribution in [0, 0.1) is 6.92 Å². The minimum atomic E-state index is -2.69. The van der Waals surface area contributed by atoms with Crippen LogP contribution in [0.1, 0.15) is 42.2 Å². The number of thiol groups is 1. The molecule has 1 fully saturated rings. The summed E-state index contributed by atoms with van der Waals surface area (Å²) >= 11 is 10.4. The van der Waals surface area contributed by atoms with Crippen LogP contribution in [0.2, 0.25) is 5.02 Å². The van der Waals surface area contributed by atoms with E-state index in [1.54, 1.807) is 49.1 Å². The Morgan fingerprint density at radius 3 is 2.70 bits per heavy atom. The van der Waals surface area contributed by atoms with Crippen LogP contribution in [0.15, 0.2) is 35.2 Å². The zero-order valence-electron chi connectivity index (χ0n) is 17.0. The van der Waals surface area contributed by atoms with E-state index in [1.165, 1.54) is 0 Å². The van der Waals surface area contributed by atoms with Crippen molar-refractivity contribution >= 4 is 41.6 Å². The zero-order valence-corrected chi connectivity index (χ0v) is 18.6. The molecule has 1 aromatic carbocycles. The Labute approximate surface area is 185 Å². The molecule has 164 valence electrons. The maximum atomic E-state index is 13.7. The quantitative estimate of drug-likeness (QED) is 0.553. The second kappa shape index (κ2) is 10.9. The first-order valence-corrected chi connectivity index (χ1v) is 10.5. The monoisotopic (exact) mass is 457 g/mol. The summed E-state index contributed by atoms with van der Waals surface area (Å²) in [5, 5.41) is 10.7. The van der Waals surface area contributed by atoms with Crippen molar-refractivity contribution in [3.05, 3.63) is 46.6 Å². The summed E-state index contributed by atoms with van der Waals surface area (Å²) in [6.45, 7) is 4.20. The summed E-state index contributed by atoms with van der Waals surface area (Å²) in [5.41, 5.74) is 1.40. The van der Waals surface area contributed by atoms with Crippen LogP contribution in [0.3, 0.4) is 0 Å². The van der Waals surface area contributed by atoms with E-state index in [2.05, 4.69) is 22.9 Å². The number of aliphatic hydroxyl groups is 1. The van der Waals surface area contributed by atoms with Crippen LogP contribution < -0.4 is 10.2 Å². The van der Waals surface area contributed by atoms with Gasteiger partial charge in [-0.25, -0.2) is 13.8 Å². The number of rotatable bonds is 3. The number of amides is 1.